The smallest absolute Gasteiger partial charge is 0.336 e. The Morgan fingerprint density at radius 2 is 1.96 bits per heavy atom. The molecule has 1 N–H and O–H groups in total. The molecule has 1 aliphatic rings. The molecule has 1 heterocycles. The van der Waals surface area contributed by atoms with Gasteiger partial charge in [-0.15, -0.1) is 0 Å². The number of para-hydroxylation sites is 1. The highest BCUT2D eigenvalue weighted by Gasteiger charge is 2.40. The number of allylic oxidation sites excluding steroid dienone is 1. The number of hydrogen-bond acceptors (Lipinski definition) is 4. The van der Waals surface area contributed by atoms with Gasteiger partial charge < -0.3 is 10.1 Å². The summed E-state index contributed by atoms with van der Waals surface area (Å²) in [6.07, 6.45) is -0.0670. The second-order valence-corrected chi connectivity index (χ2v) is 5.21. The topological polar surface area (TPSA) is 75.7 Å². The molecule has 2 amide bonds. The normalized spacial score (nSPS) is 18.0. The number of esters is 1. The highest BCUT2D eigenvalue weighted by Crippen LogP contribution is 2.33. The van der Waals surface area contributed by atoms with Crippen LogP contribution in [-0.2, 0) is 19.1 Å². The fourth-order valence-corrected chi connectivity index (χ4v) is 2.76. The minimum Gasteiger partial charge on any atom is -0.466 e. The summed E-state index contributed by atoms with van der Waals surface area (Å²) in [4.78, 5) is 38.4. The van der Waals surface area contributed by atoms with E-state index in [-0.39, 0.29) is 23.8 Å². The lowest BCUT2D eigenvalue weighted by molar-refractivity contribution is -0.139. The molecule has 1 unspecified atom stereocenters. The van der Waals surface area contributed by atoms with Crippen molar-refractivity contribution in [2.75, 3.05) is 18.6 Å². The molecular weight excluding hydrogens is 296 g/mol. The number of hydrogen-bond donors (Lipinski definition) is 1. The maximum atomic E-state index is 12.5. The van der Waals surface area contributed by atoms with Crippen LogP contribution in [0, 0.1) is 5.92 Å². The van der Waals surface area contributed by atoms with E-state index in [1.807, 2.05) is 18.2 Å². The van der Waals surface area contributed by atoms with Gasteiger partial charge in [-0.2, -0.15) is 0 Å². The van der Waals surface area contributed by atoms with Crippen LogP contribution in [-0.4, -0.2) is 31.4 Å². The van der Waals surface area contributed by atoms with Crippen molar-refractivity contribution in [1.29, 1.82) is 0 Å². The van der Waals surface area contributed by atoms with Crippen molar-refractivity contribution < 1.29 is 19.1 Å². The monoisotopic (exact) mass is 316 g/mol. The van der Waals surface area contributed by atoms with Gasteiger partial charge in [0.1, 0.15) is 0 Å². The van der Waals surface area contributed by atoms with Gasteiger partial charge in [0, 0.05) is 24.4 Å². The largest absolute Gasteiger partial charge is 0.466 e. The molecule has 2 rings (SSSR count). The first-order valence-electron chi connectivity index (χ1n) is 7.46. The lowest BCUT2D eigenvalue weighted by atomic mass is 9.88. The van der Waals surface area contributed by atoms with E-state index in [2.05, 4.69) is 5.32 Å². The van der Waals surface area contributed by atoms with Crippen LogP contribution in [0.3, 0.4) is 0 Å². The molecule has 1 aromatic carbocycles. The van der Waals surface area contributed by atoms with Crippen LogP contribution in [0.2, 0.25) is 0 Å². The van der Waals surface area contributed by atoms with Gasteiger partial charge >= 0.3 is 5.97 Å². The first kappa shape index (κ1) is 16.7. The number of benzene rings is 1. The molecule has 0 aromatic heterocycles. The van der Waals surface area contributed by atoms with Crippen molar-refractivity contribution in [3.05, 3.63) is 41.6 Å². The Morgan fingerprint density at radius 1 is 1.30 bits per heavy atom. The fourth-order valence-electron chi connectivity index (χ4n) is 2.76. The molecule has 0 radical (unpaired) electrons. The van der Waals surface area contributed by atoms with Crippen LogP contribution in [0.25, 0.3) is 0 Å². The summed E-state index contributed by atoms with van der Waals surface area (Å²) in [5.74, 6) is -1.98. The zero-order valence-corrected chi connectivity index (χ0v) is 13.5. The molecule has 1 aromatic rings. The Labute approximate surface area is 135 Å². The standard InChI is InChI=1S/C17H20N2O4/c1-4-18-16(21)13-10-14(20)19(12-8-6-5-7-9-12)11(2)15(13)17(22)23-3/h5-9,13H,4,10H2,1-3H3,(H,18,21). The number of methoxy groups -OCH3 is 1. The third-order valence-electron chi connectivity index (χ3n) is 3.79. The molecule has 6 nitrogen and oxygen atoms in total. The maximum Gasteiger partial charge on any atom is 0.336 e. The molecule has 0 spiro atoms. The first-order valence-corrected chi connectivity index (χ1v) is 7.46. The third-order valence-corrected chi connectivity index (χ3v) is 3.79. The van der Waals surface area contributed by atoms with E-state index < -0.39 is 11.9 Å². The van der Waals surface area contributed by atoms with Gasteiger partial charge in [0.15, 0.2) is 0 Å². The number of carbonyl (C=O) groups is 3. The molecule has 0 aliphatic carbocycles. The number of carbonyl (C=O) groups excluding carboxylic acids is 3. The van der Waals surface area contributed by atoms with Crippen LogP contribution >= 0.6 is 0 Å². The number of rotatable bonds is 4. The molecule has 0 bridgehead atoms. The SMILES string of the molecule is CCNC(=O)C1CC(=O)N(c2ccccc2)C(C)=C1C(=O)OC. The van der Waals surface area contributed by atoms with E-state index in [0.29, 0.717) is 17.9 Å². The molecule has 6 heteroatoms. The highest BCUT2D eigenvalue weighted by atomic mass is 16.5. The summed E-state index contributed by atoms with van der Waals surface area (Å²) >= 11 is 0. The minimum absolute atomic E-state index is 0.0670. The van der Waals surface area contributed by atoms with Crippen LogP contribution < -0.4 is 10.2 Å². The van der Waals surface area contributed by atoms with Crippen molar-refractivity contribution in [2.24, 2.45) is 5.92 Å². The predicted molar refractivity (Wildman–Crippen MR) is 85.4 cm³/mol. The van der Waals surface area contributed by atoms with Crippen LogP contribution in [0.1, 0.15) is 20.3 Å². The summed E-state index contributed by atoms with van der Waals surface area (Å²) in [6, 6.07) is 9.02. The summed E-state index contributed by atoms with van der Waals surface area (Å²) < 4.78 is 4.82. The second-order valence-electron chi connectivity index (χ2n) is 5.21. The van der Waals surface area contributed by atoms with Gasteiger partial charge in [-0.25, -0.2) is 4.79 Å². The lowest BCUT2D eigenvalue weighted by Crippen LogP contribution is -2.44. The van der Waals surface area contributed by atoms with Gasteiger partial charge in [0.25, 0.3) is 0 Å². The van der Waals surface area contributed by atoms with Crippen LogP contribution in [0.15, 0.2) is 41.6 Å². The van der Waals surface area contributed by atoms with Crippen molar-refractivity contribution in [3.63, 3.8) is 0 Å². The van der Waals surface area contributed by atoms with Gasteiger partial charge in [0.2, 0.25) is 11.8 Å². The Balaban J connectivity index is 2.52. The van der Waals surface area contributed by atoms with E-state index in [9.17, 15) is 14.4 Å². The minimum atomic E-state index is -0.824. The molecule has 1 aliphatic heterocycles. The summed E-state index contributed by atoms with van der Waals surface area (Å²) in [5.41, 5.74) is 1.31. The van der Waals surface area contributed by atoms with Gasteiger partial charge in [0.05, 0.1) is 18.6 Å². The van der Waals surface area contributed by atoms with Crippen molar-refractivity contribution in [1.82, 2.24) is 5.32 Å². The predicted octanol–water partition coefficient (Wildman–Crippen LogP) is 1.62. The number of nitrogens with one attached hydrogen (secondary N) is 1. The molecule has 0 saturated carbocycles. The highest BCUT2D eigenvalue weighted by molar-refractivity contribution is 6.08. The Bertz CT molecular complexity index is 652. The van der Waals surface area contributed by atoms with E-state index in [1.54, 1.807) is 26.0 Å². The summed E-state index contributed by atoms with van der Waals surface area (Å²) in [6.45, 7) is 3.87. The molecule has 0 fully saturated rings. The molecule has 23 heavy (non-hydrogen) atoms. The number of amides is 2. The zero-order valence-electron chi connectivity index (χ0n) is 13.5. The van der Waals surface area contributed by atoms with E-state index >= 15 is 0 Å². The van der Waals surface area contributed by atoms with Crippen LogP contribution in [0.4, 0.5) is 5.69 Å². The second kappa shape index (κ2) is 7.09. The van der Waals surface area contributed by atoms with Gasteiger partial charge in [-0.3, -0.25) is 14.5 Å². The number of ether oxygens (including phenoxy) is 1. The molecule has 1 atom stereocenters. The summed E-state index contributed by atoms with van der Waals surface area (Å²) in [5, 5.41) is 2.67. The van der Waals surface area contributed by atoms with E-state index in [4.69, 9.17) is 4.74 Å². The molecule has 0 saturated heterocycles. The van der Waals surface area contributed by atoms with E-state index in [1.165, 1.54) is 12.0 Å². The first-order chi connectivity index (χ1) is 11.0. The third kappa shape index (κ3) is 3.26. The number of anilines is 1. The van der Waals surface area contributed by atoms with Crippen molar-refractivity contribution in [3.8, 4) is 0 Å². The van der Waals surface area contributed by atoms with Gasteiger partial charge in [-0.1, -0.05) is 18.2 Å². The van der Waals surface area contributed by atoms with Crippen molar-refractivity contribution >= 4 is 23.5 Å². The zero-order chi connectivity index (χ0) is 17.0. The van der Waals surface area contributed by atoms with Crippen molar-refractivity contribution in [2.45, 2.75) is 20.3 Å². The van der Waals surface area contributed by atoms with Crippen LogP contribution in [0.5, 0.6) is 0 Å². The summed E-state index contributed by atoms with van der Waals surface area (Å²) in [7, 11) is 1.26. The van der Waals surface area contributed by atoms with Gasteiger partial charge in [-0.05, 0) is 26.0 Å². The fraction of sp³-hybridized carbons (Fsp3) is 0.353. The quantitative estimate of drug-likeness (QED) is 0.857. The number of nitrogens with zero attached hydrogens (tertiary/aromatic N) is 1. The Kier molecular flexibility index (Phi) is 5.16. The average Bonchev–Trinajstić information content (AvgIpc) is 2.55. The average molecular weight is 316 g/mol. The molecular formula is C17H20N2O4. The molecule has 122 valence electrons. The lowest BCUT2D eigenvalue weighted by Gasteiger charge is -2.33. The Hall–Kier alpha value is -2.63. The maximum absolute atomic E-state index is 12.5. The Morgan fingerprint density at radius 3 is 2.52 bits per heavy atom. The van der Waals surface area contributed by atoms with E-state index in [0.717, 1.165) is 0 Å².